The van der Waals surface area contributed by atoms with E-state index < -0.39 is 11.2 Å². The average molecular weight is 360 g/mol. The fourth-order valence-electron chi connectivity index (χ4n) is 3.93. The molecule has 2 aliphatic heterocycles. The highest BCUT2D eigenvalue weighted by molar-refractivity contribution is 5.69. The Kier molecular flexibility index (Phi) is 3.92. The van der Waals surface area contributed by atoms with E-state index in [0.29, 0.717) is 26.1 Å². The van der Waals surface area contributed by atoms with Crippen molar-refractivity contribution in [1.82, 2.24) is 19.5 Å². The lowest BCUT2D eigenvalue weighted by Crippen LogP contribution is -2.63. The SMILES string of the molecule is CC(C)(C)OC(=O)N1C2COCC1CC(O)(c1ccc3nncn3c1)C2. The van der Waals surface area contributed by atoms with Crippen LogP contribution in [0.3, 0.4) is 0 Å². The van der Waals surface area contributed by atoms with Crippen LogP contribution in [-0.4, -0.2) is 61.6 Å². The topological polar surface area (TPSA) is 89.2 Å². The van der Waals surface area contributed by atoms with E-state index in [4.69, 9.17) is 9.47 Å². The fourth-order valence-corrected chi connectivity index (χ4v) is 3.93. The quantitative estimate of drug-likeness (QED) is 0.833. The smallest absolute Gasteiger partial charge is 0.410 e. The molecule has 0 saturated carbocycles. The van der Waals surface area contributed by atoms with Gasteiger partial charge in [0.25, 0.3) is 0 Å². The molecule has 2 bridgehead atoms. The molecule has 8 heteroatoms. The Bertz CT molecular complexity index is 814. The Morgan fingerprint density at radius 3 is 2.65 bits per heavy atom. The van der Waals surface area contributed by atoms with Gasteiger partial charge in [0.1, 0.15) is 11.9 Å². The van der Waals surface area contributed by atoms with Crippen molar-refractivity contribution in [2.45, 2.75) is 56.9 Å². The summed E-state index contributed by atoms with van der Waals surface area (Å²) >= 11 is 0. The van der Waals surface area contributed by atoms with E-state index in [-0.39, 0.29) is 18.2 Å². The number of pyridine rings is 1. The van der Waals surface area contributed by atoms with Crippen LogP contribution in [-0.2, 0) is 15.1 Å². The number of fused-ring (bicyclic) bond motifs is 3. The standard InChI is InChI=1S/C18H24N4O4/c1-17(2,3)26-16(23)22-13-6-18(24,7-14(22)10-25-9-13)12-4-5-15-20-19-11-21(15)8-12/h4-5,8,11,13-14,24H,6-7,9-10H2,1-3H3. The third kappa shape index (κ3) is 3.03. The molecule has 2 aromatic rings. The summed E-state index contributed by atoms with van der Waals surface area (Å²) in [6.07, 6.45) is 3.93. The lowest BCUT2D eigenvalue weighted by molar-refractivity contribution is -0.141. The van der Waals surface area contributed by atoms with Crippen molar-refractivity contribution in [3.8, 4) is 0 Å². The minimum absolute atomic E-state index is 0.223. The van der Waals surface area contributed by atoms with E-state index in [9.17, 15) is 9.90 Å². The minimum Gasteiger partial charge on any atom is -0.444 e. The van der Waals surface area contributed by atoms with Gasteiger partial charge in [-0.05, 0) is 26.8 Å². The van der Waals surface area contributed by atoms with Crippen LogP contribution < -0.4 is 0 Å². The largest absolute Gasteiger partial charge is 0.444 e. The Labute approximate surface area is 151 Å². The number of morpholine rings is 1. The van der Waals surface area contributed by atoms with Crippen LogP contribution in [0.4, 0.5) is 4.79 Å². The van der Waals surface area contributed by atoms with Crippen LogP contribution in [0.2, 0.25) is 0 Å². The molecule has 1 amide bonds. The third-order valence-corrected chi connectivity index (χ3v) is 4.99. The van der Waals surface area contributed by atoms with Gasteiger partial charge in [-0.3, -0.25) is 9.30 Å². The van der Waals surface area contributed by atoms with Crippen molar-refractivity contribution in [1.29, 1.82) is 0 Å². The number of ether oxygens (including phenoxy) is 2. The summed E-state index contributed by atoms with van der Waals surface area (Å²) in [4.78, 5) is 14.4. The summed E-state index contributed by atoms with van der Waals surface area (Å²) < 4.78 is 13.0. The van der Waals surface area contributed by atoms with Gasteiger partial charge in [0.15, 0.2) is 5.65 Å². The second-order valence-electron chi connectivity index (χ2n) is 8.19. The molecular formula is C18H24N4O4. The van der Waals surface area contributed by atoms with E-state index in [1.807, 2.05) is 39.1 Å². The number of carbonyl (C=O) groups is 1. The number of rotatable bonds is 1. The number of hydrogen-bond donors (Lipinski definition) is 1. The summed E-state index contributed by atoms with van der Waals surface area (Å²) in [6.45, 7) is 6.35. The highest BCUT2D eigenvalue weighted by atomic mass is 16.6. The zero-order valence-electron chi connectivity index (χ0n) is 15.3. The minimum atomic E-state index is -1.03. The van der Waals surface area contributed by atoms with Crippen LogP contribution >= 0.6 is 0 Å². The second kappa shape index (κ2) is 5.92. The molecule has 2 aliphatic rings. The first-order valence-electron chi connectivity index (χ1n) is 8.86. The molecule has 4 heterocycles. The summed E-state index contributed by atoms with van der Waals surface area (Å²) in [5.74, 6) is 0. The lowest BCUT2D eigenvalue weighted by atomic mass is 9.77. The maximum Gasteiger partial charge on any atom is 0.410 e. The molecular weight excluding hydrogens is 336 g/mol. The van der Waals surface area contributed by atoms with Crippen molar-refractivity contribution < 1.29 is 19.4 Å². The van der Waals surface area contributed by atoms with Crippen molar-refractivity contribution in [2.75, 3.05) is 13.2 Å². The van der Waals surface area contributed by atoms with Crippen LogP contribution in [0.25, 0.3) is 5.65 Å². The van der Waals surface area contributed by atoms with Crippen LogP contribution in [0.5, 0.6) is 0 Å². The zero-order chi connectivity index (χ0) is 18.5. The van der Waals surface area contributed by atoms with E-state index in [0.717, 1.165) is 11.2 Å². The predicted octanol–water partition coefficient (Wildman–Crippen LogP) is 1.72. The molecule has 2 fully saturated rings. The number of amides is 1. The lowest BCUT2D eigenvalue weighted by Gasteiger charge is -2.51. The average Bonchev–Trinajstić information content (AvgIpc) is 2.99. The van der Waals surface area contributed by atoms with Crippen LogP contribution in [0.1, 0.15) is 39.2 Å². The molecule has 4 rings (SSSR count). The fraction of sp³-hybridized carbons (Fsp3) is 0.611. The van der Waals surface area contributed by atoms with E-state index in [2.05, 4.69) is 10.2 Å². The third-order valence-electron chi connectivity index (χ3n) is 4.99. The Hall–Kier alpha value is -2.19. The van der Waals surface area contributed by atoms with Crippen LogP contribution in [0, 0.1) is 0 Å². The number of piperidine rings is 1. The highest BCUT2D eigenvalue weighted by Gasteiger charge is 2.50. The second-order valence-corrected chi connectivity index (χ2v) is 8.19. The number of hydrogen-bond acceptors (Lipinski definition) is 6. The van der Waals surface area contributed by atoms with Gasteiger partial charge in [-0.1, -0.05) is 6.07 Å². The normalized spacial score (nSPS) is 29.0. The molecule has 0 aromatic carbocycles. The molecule has 0 spiro atoms. The van der Waals surface area contributed by atoms with Gasteiger partial charge in [0.2, 0.25) is 0 Å². The molecule has 8 nitrogen and oxygen atoms in total. The Morgan fingerprint density at radius 2 is 2.00 bits per heavy atom. The van der Waals surface area contributed by atoms with Gasteiger partial charge in [0.05, 0.1) is 30.9 Å². The van der Waals surface area contributed by atoms with Gasteiger partial charge in [-0.25, -0.2) is 4.79 Å². The molecule has 26 heavy (non-hydrogen) atoms. The number of aliphatic hydroxyl groups is 1. The van der Waals surface area contributed by atoms with Crippen molar-refractivity contribution in [3.05, 3.63) is 30.2 Å². The van der Waals surface area contributed by atoms with Crippen LogP contribution in [0.15, 0.2) is 24.7 Å². The van der Waals surface area contributed by atoms with Crippen molar-refractivity contribution in [2.24, 2.45) is 0 Å². The molecule has 140 valence electrons. The molecule has 2 atom stereocenters. The maximum atomic E-state index is 12.7. The van der Waals surface area contributed by atoms with E-state index >= 15 is 0 Å². The van der Waals surface area contributed by atoms with Gasteiger partial charge in [0, 0.05) is 24.6 Å². The number of carbonyl (C=O) groups excluding carboxylic acids is 1. The summed E-state index contributed by atoms with van der Waals surface area (Å²) in [5.41, 5.74) is -0.0622. The monoisotopic (exact) mass is 360 g/mol. The zero-order valence-corrected chi connectivity index (χ0v) is 15.3. The predicted molar refractivity (Wildman–Crippen MR) is 92.6 cm³/mol. The molecule has 2 saturated heterocycles. The van der Waals surface area contributed by atoms with Crippen molar-refractivity contribution >= 4 is 11.7 Å². The molecule has 0 aliphatic carbocycles. The highest BCUT2D eigenvalue weighted by Crippen LogP contribution is 2.41. The summed E-state index contributed by atoms with van der Waals surface area (Å²) in [6, 6.07) is 3.27. The number of nitrogens with zero attached hydrogens (tertiary/aromatic N) is 4. The van der Waals surface area contributed by atoms with E-state index in [1.165, 1.54) is 0 Å². The molecule has 1 N–H and O–H groups in total. The van der Waals surface area contributed by atoms with Crippen molar-refractivity contribution in [3.63, 3.8) is 0 Å². The first-order chi connectivity index (χ1) is 12.3. The maximum absolute atomic E-state index is 12.7. The Morgan fingerprint density at radius 1 is 1.31 bits per heavy atom. The first-order valence-corrected chi connectivity index (χ1v) is 8.86. The van der Waals surface area contributed by atoms with Gasteiger partial charge < -0.3 is 14.6 Å². The molecule has 0 radical (unpaired) electrons. The number of aromatic nitrogens is 3. The van der Waals surface area contributed by atoms with Gasteiger partial charge in [-0.15, -0.1) is 10.2 Å². The summed E-state index contributed by atoms with van der Waals surface area (Å²) in [5, 5.41) is 19.3. The summed E-state index contributed by atoms with van der Waals surface area (Å²) in [7, 11) is 0. The first kappa shape index (κ1) is 17.2. The Balaban J connectivity index is 1.61. The molecule has 2 unspecified atom stereocenters. The van der Waals surface area contributed by atoms with E-state index in [1.54, 1.807) is 15.6 Å². The van der Waals surface area contributed by atoms with Gasteiger partial charge in [-0.2, -0.15) is 0 Å². The molecule has 2 aromatic heterocycles. The van der Waals surface area contributed by atoms with Gasteiger partial charge >= 0.3 is 6.09 Å².